The maximum absolute atomic E-state index is 13.2. The van der Waals surface area contributed by atoms with Crippen molar-refractivity contribution >= 4 is 17.3 Å². The summed E-state index contributed by atoms with van der Waals surface area (Å²) in [4.78, 5) is 16.3. The van der Waals surface area contributed by atoms with Gasteiger partial charge in [0.25, 0.3) is 0 Å². The highest BCUT2D eigenvalue weighted by molar-refractivity contribution is 7.13. The Morgan fingerprint density at radius 2 is 2.00 bits per heavy atom. The van der Waals surface area contributed by atoms with Crippen molar-refractivity contribution in [1.82, 2.24) is 4.98 Å². The molecule has 1 heterocycles. The van der Waals surface area contributed by atoms with Gasteiger partial charge in [0, 0.05) is 10.9 Å². The number of hydrogen-bond acceptors (Lipinski definition) is 4. The first-order valence-corrected chi connectivity index (χ1v) is 7.96. The number of carbonyl (C=O) groups is 1. The number of aromatic nitrogens is 1. The van der Waals surface area contributed by atoms with Crippen LogP contribution in [0, 0.1) is 12.7 Å². The Hall–Kier alpha value is -2.53. The number of esters is 1. The van der Waals surface area contributed by atoms with E-state index < -0.39 is 0 Å². The Balaban J connectivity index is 1.66. The second-order valence-electron chi connectivity index (χ2n) is 5.12. The summed E-state index contributed by atoms with van der Waals surface area (Å²) in [6, 6.07) is 13.5. The fraction of sp³-hybridized carbons (Fsp3) is 0.111. The lowest BCUT2D eigenvalue weighted by molar-refractivity contribution is -0.133. The Kier molecular flexibility index (Phi) is 4.48. The number of halogens is 1. The number of nitrogens with zero attached hydrogens (tertiary/aromatic N) is 1. The molecule has 0 unspecified atom stereocenters. The molecule has 0 N–H and O–H groups in total. The molecular formula is C18H14FNO2S. The van der Waals surface area contributed by atoms with Crippen LogP contribution in [0.5, 0.6) is 5.75 Å². The molecule has 23 heavy (non-hydrogen) atoms. The summed E-state index contributed by atoms with van der Waals surface area (Å²) >= 11 is 1.38. The highest BCUT2D eigenvalue weighted by Gasteiger charge is 2.11. The first-order chi connectivity index (χ1) is 11.1. The van der Waals surface area contributed by atoms with Crippen molar-refractivity contribution in [3.8, 4) is 16.3 Å². The van der Waals surface area contributed by atoms with Gasteiger partial charge in [0.05, 0.1) is 12.1 Å². The molecule has 2 aromatic carbocycles. The molecule has 1 aromatic heterocycles. The molecule has 0 spiro atoms. The van der Waals surface area contributed by atoms with Gasteiger partial charge in [0.15, 0.2) is 0 Å². The van der Waals surface area contributed by atoms with E-state index in [0.29, 0.717) is 22.0 Å². The molecule has 0 aliphatic rings. The van der Waals surface area contributed by atoms with Gasteiger partial charge in [-0.3, -0.25) is 4.79 Å². The Morgan fingerprint density at radius 3 is 2.74 bits per heavy atom. The molecule has 5 heteroatoms. The molecule has 3 rings (SSSR count). The molecule has 3 nitrogen and oxygen atoms in total. The van der Waals surface area contributed by atoms with Crippen molar-refractivity contribution in [1.29, 1.82) is 0 Å². The zero-order chi connectivity index (χ0) is 16.2. The van der Waals surface area contributed by atoms with E-state index in [4.69, 9.17) is 4.74 Å². The molecule has 0 atom stereocenters. The molecule has 0 aliphatic carbocycles. The fourth-order valence-corrected chi connectivity index (χ4v) is 2.88. The molecule has 116 valence electrons. The van der Waals surface area contributed by atoms with E-state index in [-0.39, 0.29) is 18.2 Å². The van der Waals surface area contributed by atoms with Crippen LogP contribution >= 0.6 is 11.3 Å². The predicted octanol–water partition coefficient (Wildman–Crippen LogP) is 4.41. The second-order valence-corrected chi connectivity index (χ2v) is 5.98. The van der Waals surface area contributed by atoms with Gasteiger partial charge in [0.1, 0.15) is 16.6 Å². The molecule has 0 amide bonds. The highest BCUT2D eigenvalue weighted by Crippen LogP contribution is 2.24. The highest BCUT2D eigenvalue weighted by atomic mass is 32.1. The van der Waals surface area contributed by atoms with Crippen molar-refractivity contribution in [2.75, 3.05) is 0 Å². The van der Waals surface area contributed by atoms with Gasteiger partial charge in [-0.25, -0.2) is 9.37 Å². The van der Waals surface area contributed by atoms with Gasteiger partial charge in [-0.05, 0) is 31.2 Å². The molecule has 0 saturated carbocycles. The van der Waals surface area contributed by atoms with Crippen LogP contribution < -0.4 is 4.74 Å². The number of ether oxygens (including phenoxy) is 1. The topological polar surface area (TPSA) is 39.2 Å². The minimum absolute atomic E-state index is 0.0830. The van der Waals surface area contributed by atoms with E-state index in [1.54, 1.807) is 29.6 Å². The first-order valence-electron chi connectivity index (χ1n) is 7.08. The van der Waals surface area contributed by atoms with Crippen molar-refractivity contribution < 1.29 is 13.9 Å². The SMILES string of the molecule is Cc1ccc(OC(=O)Cc2csc(-c3cccc(F)c3)n2)cc1. The summed E-state index contributed by atoms with van der Waals surface area (Å²) in [5.41, 5.74) is 2.42. The summed E-state index contributed by atoms with van der Waals surface area (Å²) in [6.07, 6.45) is 0.0830. The third-order valence-corrected chi connectivity index (χ3v) is 4.14. The van der Waals surface area contributed by atoms with Crippen LogP contribution in [-0.2, 0) is 11.2 Å². The molecule has 0 aliphatic heterocycles. The average molecular weight is 327 g/mol. The Labute approximate surface area is 137 Å². The van der Waals surface area contributed by atoms with Gasteiger partial charge in [0.2, 0.25) is 0 Å². The molecule has 0 fully saturated rings. The van der Waals surface area contributed by atoms with Crippen LogP contribution in [0.25, 0.3) is 10.6 Å². The van der Waals surface area contributed by atoms with Gasteiger partial charge in [-0.1, -0.05) is 29.8 Å². The van der Waals surface area contributed by atoms with Gasteiger partial charge in [-0.15, -0.1) is 11.3 Å². The van der Waals surface area contributed by atoms with Crippen LogP contribution in [0.15, 0.2) is 53.9 Å². The summed E-state index contributed by atoms with van der Waals surface area (Å²) < 4.78 is 18.5. The molecule has 0 radical (unpaired) electrons. The smallest absolute Gasteiger partial charge is 0.317 e. The zero-order valence-electron chi connectivity index (χ0n) is 12.5. The molecule has 0 saturated heterocycles. The number of hydrogen-bond donors (Lipinski definition) is 0. The third kappa shape index (κ3) is 4.02. The van der Waals surface area contributed by atoms with E-state index in [1.165, 1.54) is 23.5 Å². The number of carbonyl (C=O) groups excluding carboxylic acids is 1. The van der Waals surface area contributed by atoms with Crippen LogP contribution in [0.3, 0.4) is 0 Å². The van der Waals surface area contributed by atoms with Crippen LogP contribution in [0.1, 0.15) is 11.3 Å². The summed E-state index contributed by atoms with van der Waals surface area (Å²) in [7, 11) is 0. The lowest BCUT2D eigenvalue weighted by Crippen LogP contribution is -2.11. The monoisotopic (exact) mass is 327 g/mol. The van der Waals surface area contributed by atoms with Crippen molar-refractivity contribution in [2.45, 2.75) is 13.3 Å². The van der Waals surface area contributed by atoms with E-state index >= 15 is 0 Å². The lowest BCUT2D eigenvalue weighted by atomic mass is 10.2. The zero-order valence-corrected chi connectivity index (χ0v) is 13.3. The number of benzene rings is 2. The summed E-state index contributed by atoms with van der Waals surface area (Å²) in [6.45, 7) is 1.97. The van der Waals surface area contributed by atoms with E-state index in [0.717, 1.165) is 5.56 Å². The van der Waals surface area contributed by atoms with Gasteiger partial charge < -0.3 is 4.74 Å². The van der Waals surface area contributed by atoms with Crippen molar-refractivity contribution in [2.24, 2.45) is 0 Å². The maximum atomic E-state index is 13.2. The van der Waals surface area contributed by atoms with Gasteiger partial charge in [-0.2, -0.15) is 0 Å². The standard InChI is InChI=1S/C18H14FNO2S/c1-12-5-7-16(8-6-12)22-17(21)10-15-11-23-18(20-15)13-3-2-4-14(19)9-13/h2-9,11H,10H2,1H3. The first kappa shape index (κ1) is 15.4. The maximum Gasteiger partial charge on any atom is 0.317 e. The fourth-order valence-electron chi connectivity index (χ4n) is 2.06. The van der Waals surface area contributed by atoms with Crippen molar-refractivity contribution in [3.05, 3.63) is 71.0 Å². The minimum Gasteiger partial charge on any atom is -0.426 e. The van der Waals surface area contributed by atoms with Crippen molar-refractivity contribution in [3.63, 3.8) is 0 Å². The average Bonchev–Trinajstić information content (AvgIpc) is 2.98. The van der Waals surface area contributed by atoms with Crippen LogP contribution in [0.2, 0.25) is 0 Å². The largest absolute Gasteiger partial charge is 0.426 e. The summed E-state index contributed by atoms with van der Waals surface area (Å²) in [5, 5.41) is 2.47. The predicted molar refractivity (Wildman–Crippen MR) is 88.0 cm³/mol. The second kappa shape index (κ2) is 6.71. The van der Waals surface area contributed by atoms with Crippen LogP contribution in [0.4, 0.5) is 4.39 Å². The Morgan fingerprint density at radius 1 is 1.22 bits per heavy atom. The van der Waals surface area contributed by atoms with Crippen LogP contribution in [-0.4, -0.2) is 11.0 Å². The minimum atomic E-state index is -0.370. The third-order valence-electron chi connectivity index (χ3n) is 3.20. The number of thiazole rings is 1. The van der Waals surface area contributed by atoms with Gasteiger partial charge >= 0.3 is 5.97 Å². The molecular weight excluding hydrogens is 313 g/mol. The Bertz CT molecular complexity index is 827. The van der Waals surface area contributed by atoms with E-state index in [1.807, 2.05) is 19.1 Å². The number of rotatable bonds is 4. The summed E-state index contributed by atoms with van der Waals surface area (Å²) in [5.74, 6) is -0.163. The van der Waals surface area contributed by atoms with E-state index in [9.17, 15) is 9.18 Å². The van der Waals surface area contributed by atoms with E-state index in [2.05, 4.69) is 4.98 Å². The number of aryl methyl sites for hydroxylation is 1. The molecule has 0 bridgehead atoms. The molecule has 3 aromatic rings. The lowest BCUT2D eigenvalue weighted by Gasteiger charge is -2.03. The quantitative estimate of drug-likeness (QED) is 0.526. The normalized spacial score (nSPS) is 10.5.